The minimum atomic E-state index is -0.337. The van der Waals surface area contributed by atoms with Crippen molar-refractivity contribution in [3.63, 3.8) is 0 Å². The zero-order chi connectivity index (χ0) is 13.7. The van der Waals surface area contributed by atoms with Crippen molar-refractivity contribution in [2.45, 2.75) is 0 Å². The van der Waals surface area contributed by atoms with Gasteiger partial charge in [0.25, 0.3) is 5.78 Å². The Morgan fingerprint density at radius 2 is 1.63 bits per heavy atom. The van der Waals surface area contributed by atoms with Gasteiger partial charge in [-0.3, -0.25) is 4.79 Å². The minimum absolute atomic E-state index is 0.0192. The second-order valence-electron chi connectivity index (χ2n) is 3.87. The summed E-state index contributed by atoms with van der Waals surface area (Å²) in [4.78, 5) is 15.4. The van der Waals surface area contributed by atoms with E-state index in [1.165, 1.54) is 0 Å². The molecule has 0 spiro atoms. The summed E-state index contributed by atoms with van der Waals surface area (Å²) >= 11 is 0. The molecule has 0 fully saturated rings. The quantitative estimate of drug-likeness (QED) is 0.363. The molecule has 0 aliphatic carbocycles. The Labute approximate surface area is 110 Å². The van der Waals surface area contributed by atoms with E-state index in [2.05, 4.69) is 4.79 Å². The maximum absolute atomic E-state index is 12.2. The number of carbonyl (C=O) groups is 1. The summed E-state index contributed by atoms with van der Waals surface area (Å²) in [5.74, 6) is 0.329. The molecule has 0 amide bonds. The van der Waals surface area contributed by atoms with Gasteiger partial charge < -0.3 is 10.3 Å². The van der Waals surface area contributed by atoms with E-state index >= 15 is 0 Å². The van der Waals surface area contributed by atoms with Crippen molar-refractivity contribution in [1.82, 2.24) is 0 Å². The van der Waals surface area contributed by atoms with E-state index in [1.807, 2.05) is 6.07 Å². The summed E-state index contributed by atoms with van der Waals surface area (Å²) in [6, 6.07) is 15.5. The van der Waals surface area contributed by atoms with Crippen LogP contribution in [0, 0.1) is 0 Å². The molecule has 2 aromatic carbocycles. The Bertz CT molecular complexity index is 627. The summed E-state index contributed by atoms with van der Waals surface area (Å²) < 4.78 is 5.03. The molecule has 0 N–H and O–H groups in total. The van der Waals surface area contributed by atoms with Crippen LogP contribution in [0.2, 0.25) is 0 Å². The van der Waals surface area contributed by atoms with Crippen LogP contribution in [0.4, 0.5) is 0 Å². The van der Waals surface area contributed by atoms with Crippen molar-refractivity contribution in [3.8, 4) is 5.75 Å². The zero-order valence-electron chi connectivity index (χ0n) is 10.4. The zero-order valence-corrected chi connectivity index (χ0v) is 10.4. The molecule has 0 radical (unpaired) electrons. The number of ether oxygens (including phenoxy) is 1. The van der Waals surface area contributed by atoms with Crippen LogP contribution in [0.25, 0.3) is 5.53 Å². The van der Waals surface area contributed by atoms with Crippen molar-refractivity contribution >= 4 is 11.5 Å². The second kappa shape index (κ2) is 5.76. The van der Waals surface area contributed by atoms with Crippen molar-refractivity contribution < 1.29 is 14.3 Å². The Kier molecular flexibility index (Phi) is 3.86. The fraction of sp³-hybridized carbons (Fsp3) is 0.0667. The van der Waals surface area contributed by atoms with E-state index in [9.17, 15) is 4.79 Å². The topological polar surface area (TPSA) is 62.7 Å². The Morgan fingerprint density at radius 1 is 1.00 bits per heavy atom. The highest BCUT2D eigenvalue weighted by Crippen LogP contribution is 2.13. The third-order valence-corrected chi connectivity index (χ3v) is 2.71. The fourth-order valence-corrected chi connectivity index (χ4v) is 1.71. The average Bonchev–Trinajstić information content (AvgIpc) is 2.49. The molecular weight excluding hydrogens is 240 g/mol. The van der Waals surface area contributed by atoms with Gasteiger partial charge in [-0.1, -0.05) is 18.2 Å². The number of methoxy groups -OCH3 is 1. The molecule has 4 nitrogen and oxygen atoms in total. The first-order valence-electron chi connectivity index (χ1n) is 5.72. The van der Waals surface area contributed by atoms with Crippen LogP contribution in [0.3, 0.4) is 0 Å². The first-order valence-corrected chi connectivity index (χ1v) is 5.72. The molecule has 0 aliphatic rings. The molecule has 0 atom stereocenters. The van der Waals surface area contributed by atoms with Gasteiger partial charge in [0.15, 0.2) is 0 Å². The van der Waals surface area contributed by atoms with Gasteiger partial charge in [0.05, 0.1) is 12.7 Å². The highest BCUT2D eigenvalue weighted by atomic mass is 16.5. The molecule has 0 unspecified atom stereocenters. The second-order valence-corrected chi connectivity index (χ2v) is 3.87. The van der Waals surface area contributed by atoms with Gasteiger partial charge >= 0.3 is 5.71 Å². The van der Waals surface area contributed by atoms with Gasteiger partial charge in [-0.2, -0.15) is 4.79 Å². The normalized spacial score (nSPS) is 9.53. The van der Waals surface area contributed by atoms with Crippen LogP contribution in [0.15, 0.2) is 54.6 Å². The third-order valence-electron chi connectivity index (χ3n) is 2.71. The number of ketones is 1. The summed E-state index contributed by atoms with van der Waals surface area (Å²) in [6.07, 6.45) is 0. The summed E-state index contributed by atoms with van der Waals surface area (Å²) in [5, 5.41) is 0. The maximum atomic E-state index is 12.2. The highest BCUT2D eigenvalue weighted by Gasteiger charge is 2.23. The van der Waals surface area contributed by atoms with Gasteiger partial charge in [0.1, 0.15) is 5.75 Å². The maximum Gasteiger partial charge on any atom is 0.369 e. The van der Waals surface area contributed by atoms with Crippen molar-refractivity contribution in [1.29, 1.82) is 0 Å². The molecule has 0 aliphatic heterocycles. The van der Waals surface area contributed by atoms with Crippen molar-refractivity contribution in [2.24, 2.45) is 0 Å². The van der Waals surface area contributed by atoms with E-state index in [-0.39, 0.29) is 11.5 Å². The van der Waals surface area contributed by atoms with Gasteiger partial charge in [-0.05, 0) is 36.4 Å². The van der Waals surface area contributed by atoms with E-state index in [4.69, 9.17) is 10.3 Å². The van der Waals surface area contributed by atoms with E-state index in [0.29, 0.717) is 16.9 Å². The van der Waals surface area contributed by atoms with Crippen LogP contribution in [-0.2, 0) is 0 Å². The highest BCUT2D eigenvalue weighted by molar-refractivity contribution is 6.49. The number of benzene rings is 2. The van der Waals surface area contributed by atoms with Gasteiger partial charge in [0, 0.05) is 5.56 Å². The SMILES string of the molecule is COc1ccc(C(=O)C(=[N+]=[N-])c2ccccc2)cc1. The van der Waals surface area contributed by atoms with Gasteiger partial charge in [0.2, 0.25) is 0 Å². The number of Topliss-reactive ketones (excluding diaryl/α,β-unsaturated/α-hetero) is 1. The lowest BCUT2D eigenvalue weighted by Crippen LogP contribution is -2.16. The number of hydrogen-bond acceptors (Lipinski definition) is 2. The summed E-state index contributed by atoms with van der Waals surface area (Å²) in [5.41, 5.74) is 10.1. The van der Waals surface area contributed by atoms with Gasteiger partial charge in [-0.25, -0.2) is 0 Å². The largest absolute Gasteiger partial charge is 0.497 e. The molecule has 4 heteroatoms. The predicted octanol–water partition coefficient (Wildman–Crippen LogP) is 2.60. The molecule has 0 aromatic heterocycles. The molecule has 2 rings (SSSR count). The van der Waals surface area contributed by atoms with Gasteiger partial charge in [-0.15, -0.1) is 0 Å². The molecule has 19 heavy (non-hydrogen) atoms. The first kappa shape index (κ1) is 12.7. The standard InChI is InChI=1S/C15H12N2O2/c1-19-13-9-7-12(8-10-13)15(18)14(17-16)11-5-3-2-4-6-11/h2-10H,1H3. The number of carbonyl (C=O) groups excluding carboxylic acids is 1. The van der Waals surface area contributed by atoms with Crippen molar-refractivity contribution in [2.75, 3.05) is 7.11 Å². The molecule has 2 aromatic rings. The number of nitrogens with zero attached hydrogens (tertiary/aromatic N) is 2. The average molecular weight is 252 g/mol. The van der Waals surface area contributed by atoms with E-state index < -0.39 is 0 Å². The molecule has 0 saturated heterocycles. The molecule has 0 saturated carbocycles. The van der Waals surface area contributed by atoms with Crippen LogP contribution in [0.1, 0.15) is 15.9 Å². The van der Waals surface area contributed by atoms with Crippen LogP contribution in [0.5, 0.6) is 5.75 Å². The fourth-order valence-electron chi connectivity index (χ4n) is 1.71. The van der Waals surface area contributed by atoms with Crippen LogP contribution in [-0.4, -0.2) is 23.4 Å². The predicted molar refractivity (Wildman–Crippen MR) is 71.5 cm³/mol. The lowest BCUT2D eigenvalue weighted by Gasteiger charge is -2.00. The molecule has 0 bridgehead atoms. The first-order chi connectivity index (χ1) is 9.26. The van der Waals surface area contributed by atoms with Crippen molar-refractivity contribution in [3.05, 3.63) is 71.3 Å². The van der Waals surface area contributed by atoms with Crippen LogP contribution >= 0.6 is 0 Å². The number of hydrogen-bond donors (Lipinski definition) is 0. The Morgan fingerprint density at radius 3 is 2.16 bits per heavy atom. The smallest absolute Gasteiger partial charge is 0.369 e. The van der Waals surface area contributed by atoms with E-state index in [0.717, 1.165) is 0 Å². The minimum Gasteiger partial charge on any atom is -0.497 e. The molecule has 94 valence electrons. The summed E-state index contributed by atoms with van der Waals surface area (Å²) in [7, 11) is 1.56. The molecular formula is C15H12N2O2. The monoisotopic (exact) mass is 252 g/mol. The Hall–Kier alpha value is -2.71. The third kappa shape index (κ3) is 2.76. The summed E-state index contributed by atoms with van der Waals surface area (Å²) in [6.45, 7) is 0. The Balaban J connectivity index is 2.34. The van der Waals surface area contributed by atoms with E-state index in [1.54, 1.807) is 55.6 Å². The van der Waals surface area contributed by atoms with Crippen LogP contribution < -0.4 is 4.74 Å². The lowest BCUT2D eigenvalue weighted by atomic mass is 10.0. The lowest BCUT2D eigenvalue weighted by molar-refractivity contribution is -0.00497. The number of rotatable bonds is 4. The molecule has 0 heterocycles.